The summed E-state index contributed by atoms with van der Waals surface area (Å²) >= 11 is 0. The molecule has 4 rings (SSSR count). The SMILES string of the molecule is O=C([C@H](Cc1ccccc1)n1cnnn1)N1CCO[C@@H](c2ccccc2)C1. The average Bonchev–Trinajstić information content (AvgIpc) is 3.28. The average molecular weight is 363 g/mol. The lowest BCUT2D eigenvalue weighted by Gasteiger charge is -2.35. The molecule has 0 aliphatic carbocycles. The minimum Gasteiger partial charge on any atom is -0.370 e. The molecule has 0 saturated carbocycles. The van der Waals surface area contributed by atoms with Gasteiger partial charge in [0.1, 0.15) is 18.5 Å². The van der Waals surface area contributed by atoms with Gasteiger partial charge < -0.3 is 9.64 Å². The van der Waals surface area contributed by atoms with E-state index >= 15 is 0 Å². The van der Waals surface area contributed by atoms with Crippen LogP contribution >= 0.6 is 0 Å². The molecule has 0 spiro atoms. The molecule has 1 amide bonds. The van der Waals surface area contributed by atoms with Crippen LogP contribution in [0.4, 0.5) is 0 Å². The van der Waals surface area contributed by atoms with E-state index in [0.717, 1.165) is 11.1 Å². The fourth-order valence-electron chi connectivity index (χ4n) is 3.37. The first kappa shape index (κ1) is 17.4. The third kappa shape index (κ3) is 4.03. The van der Waals surface area contributed by atoms with E-state index in [0.29, 0.717) is 26.1 Å². The second-order valence-electron chi connectivity index (χ2n) is 6.55. The van der Waals surface area contributed by atoms with E-state index in [1.165, 1.54) is 6.33 Å². The molecule has 138 valence electrons. The first-order valence-corrected chi connectivity index (χ1v) is 9.03. The molecule has 1 fully saturated rings. The summed E-state index contributed by atoms with van der Waals surface area (Å²) in [6, 6.07) is 19.4. The van der Waals surface area contributed by atoms with Crippen LogP contribution in [0.15, 0.2) is 67.0 Å². The summed E-state index contributed by atoms with van der Waals surface area (Å²) < 4.78 is 7.44. The van der Waals surface area contributed by atoms with Crippen LogP contribution in [0.5, 0.6) is 0 Å². The van der Waals surface area contributed by atoms with Crippen LogP contribution in [0.3, 0.4) is 0 Å². The van der Waals surface area contributed by atoms with Gasteiger partial charge >= 0.3 is 0 Å². The second kappa shape index (κ2) is 8.09. The minimum atomic E-state index is -0.475. The van der Waals surface area contributed by atoms with Gasteiger partial charge in [-0.3, -0.25) is 4.79 Å². The Morgan fingerprint density at radius 3 is 2.56 bits per heavy atom. The molecular weight excluding hydrogens is 342 g/mol. The van der Waals surface area contributed by atoms with E-state index < -0.39 is 6.04 Å². The van der Waals surface area contributed by atoms with Crippen LogP contribution in [0, 0.1) is 0 Å². The number of tetrazole rings is 1. The molecule has 1 aliphatic heterocycles. The lowest BCUT2D eigenvalue weighted by Crippen LogP contribution is -2.46. The molecule has 2 aromatic carbocycles. The van der Waals surface area contributed by atoms with Crippen molar-refractivity contribution in [3.63, 3.8) is 0 Å². The zero-order valence-corrected chi connectivity index (χ0v) is 14.9. The molecule has 1 aromatic heterocycles. The Morgan fingerprint density at radius 2 is 1.85 bits per heavy atom. The lowest BCUT2D eigenvalue weighted by molar-refractivity contribution is -0.143. The van der Waals surface area contributed by atoms with Crippen molar-refractivity contribution >= 4 is 5.91 Å². The lowest BCUT2D eigenvalue weighted by atomic mass is 10.0. The van der Waals surface area contributed by atoms with Gasteiger partial charge in [0, 0.05) is 13.0 Å². The van der Waals surface area contributed by atoms with Gasteiger partial charge in [0.2, 0.25) is 5.91 Å². The van der Waals surface area contributed by atoms with E-state index in [4.69, 9.17) is 4.74 Å². The topological polar surface area (TPSA) is 73.1 Å². The molecule has 3 aromatic rings. The van der Waals surface area contributed by atoms with Gasteiger partial charge in [-0.25, -0.2) is 4.68 Å². The van der Waals surface area contributed by atoms with Crippen molar-refractivity contribution in [3.05, 3.63) is 78.1 Å². The van der Waals surface area contributed by atoms with Gasteiger partial charge in [0.25, 0.3) is 0 Å². The quantitative estimate of drug-likeness (QED) is 0.694. The largest absolute Gasteiger partial charge is 0.370 e. The molecule has 2 heterocycles. The third-order valence-corrected chi connectivity index (χ3v) is 4.79. The Hall–Kier alpha value is -3.06. The van der Waals surface area contributed by atoms with Crippen LogP contribution < -0.4 is 0 Å². The minimum absolute atomic E-state index is 0.00961. The summed E-state index contributed by atoms with van der Waals surface area (Å²) in [7, 11) is 0. The van der Waals surface area contributed by atoms with Gasteiger partial charge in [0.05, 0.1) is 13.2 Å². The first-order valence-electron chi connectivity index (χ1n) is 9.03. The Labute approximate surface area is 157 Å². The highest BCUT2D eigenvalue weighted by Gasteiger charge is 2.31. The van der Waals surface area contributed by atoms with E-state index in [1.54, 1.807) is 4.68 Å². The van der Waals surface area contributed by atoms with Gasteiger partial charge in [0.15, 0.2) is 0 Å². The van der Waals surface area contributed by atoms with Crippen molar-refractivity contribution in [1.29, 1.82) is 0 Å². The van der Waals surface area contributed by atoms with Crippen LogP contribution in [0.25, 0.3) is 0 Å². The molecule has 0 bridgehead atoms. The summed E-state index contributed by atoms with van der Waals surface area (Å²) in [5, 5.41) is 11.4. The Bertz CT molecular complexity index is 855. The molecule has 0 unspecified atom stereocenters. The first-order chi connectivity index (χ1) is 13.3. The Balaban J connectivity index is 1.54. The standard InChI is InChI=1S/C20H21N5O2/c26-20(24-11-12-27-19(14-24)17-9-5-2-6-10-17)18(25-15-21-22-23-25)13-16-7-3-1-4-8-16/h1-10,15,18-19H,11-14H2/t18-,19+/m0/s1. The fourth-order valence-corrected chi connectivity index (χ4v) is 3.37. The molecule has 0 radical (unpaired) electrons. The highest BCUT2D eigenvalue weighted by molar-refractivity contribution is 5.80. The summed E-state index contributed by atoms with van der Waals surface area (Å²) in [5.74, 6) is 0.00961. The normalized spacial score (nSPS) is 18.2. The number of carbonyl (C=O) groups excluding carboxylic acids is 1. The van der Waals surface area contributed by atoms with E-state index in [9.17, 15) is 4.79 Å². The van der Waals surface area contributed by atoms with Gasteiger partial charge in [-0.15, -0.1) is 5.10 Å². The van der Waals surface area contributed by atoms with Crippen molar-refractivity contribution < 1.29 is 9.53 Å². The number of hydrogen-bond donors (Lipinski definition) is 0. The van der Waals surface area contributed by atoms with Crippen molar-refractivity contribution in [1.82, 2.24) is 25.1 Å². The number of ether oxygens (including phenoxy) is 1. The smallest absolute Gasteiger partial charge is 0.248 e. The number of benzene rings is 2. The third-order valence-electron chi connectivity index (χ3n) is 4.79. The molecule has 1 aliphatic rings. The van der Waals surface area contributed by atoms with Crippen molar-refractivity contribution in [2.24, 2.45) is 0 Å². The van der Waals surface area contributed by atoms with Crippen LogP contribution in [-0.2, 0) is 16.0 Å². The number of carbonyl (C=O) groups is 1. The molecule has 1 saturated heterocycles. The monoisotopic (exact) mass is 363 g/mol. The molecule has 27 heavy (non-hydrogen) atoms. The number of aromatic nitrogens is 4. The number of nitrogens with zero attached hydrogens (tertiary/aromatic N) is 5. The van der Waals surface area contributed by atoms with Gasteiger partial charge in [-0.05, 0) is 21.6 Å². The maximum atomic E-state index is 13.3. The maximum absolute atomic E-state index is 13.3. The predicted octanol–water partition coefficient (Wildman–Crippen LogP) is 2.06. The molecule has 7 nitrogen and oxygen atoms in total. The number of rotatable bonds is 5. The zero-order valence-electron chi connectivity index (χ0n) is 14.9. The predicted molar refractivity (Wildman–Crippen MR) is 98.7 cm³/mol. The molecule has 2 atom stereocenters. The summed E-state index contributed by atoms with van der Waals surface area (Å²) in [6.07, 6.45) is 1.92. The van der Waals surface area contributed by atoms with Crippen molar-refractivity contribution in [2.75, 3.05) is 19.7 Å². The van der Waals surface area contributed by atoms with Crippen LogP contribution in [0.2, 0.25) is 0 Å². The molecule has 7 heteroatoms. The van der Waals surface area contributed by atoms with Gasteiger partial charge in [-0.1, -0.05) is 60.7 Å². The van der Waals surface area contributed by atoms with E-state index in [2.05, 4.69) is 15.5 Å². The second-order valence-corrected chi connectivity index (χ2v) is 6.55. The Morgan fingerprint density at radius 1 is 1.11 bits per heavy atom. The molecular formula is C20H21N5O2. The number of hydrogen-bond acceptors (Lipinski definition) is 5. The fraction of sp³-hybridized carbons (Fsp3) is 0.300. The van der Waals surface area contributed by atoms with Crippen LogP contribution in [-0.4, -0.2) is 50.7 Å². The summed E-state index contributed by atoms with van der Waals surface area (Å²) in [5.41, 5.74) is 2.15. The van der Waals surface area contributed by atoms with Crippen molar-refractivity contribution in [3.8, 4) is 0 Å². The summed E-state index contributed by atoms with van der Waals surface area (Å²) in [6.45, 7) is 1.60. The van der Waals surface area contributed by atoms with Crippen molar-refractivity contribution in [2.45, 2.75) is 18.6 Å². The summed E-state index contributed by atoms with van der Waals surface area (Å²) in [4.78, 5) is 15.2. The highest BCUT2D eigenvalue weighted by Crippen LogP contribution is 2.24. The van der Waals surface area contributed by atoms with Crippen LogP contribution in [0.1, 0.15) is 23.3 Å². The molecule has 0 N–H and O–H groups in total. The maximum Gasteiger partial charge on any atom is 0.248 e. The number of morpholine rings is 1. The van der Waals surface area contributed by atoms with Gasteiger partial charge in [-0.2, -0.15) is 0 Å². The zero-order chi connectivity index (χ0) is 18.5. The highest BCUT2D eigenvalue weighted by atomic mass is 16.5. The Kier molecular flexibility index (Phi) is 5.20. The number of amides is 1. The van der Waals surface area contributed by atoms with E-state index in [-0.39, 0.29) is 12.0 Å². The van der Waals surface area contributed by atoms with E-state index in [1.807, 2.05) is 65.6 Å².